The number of likely N-dealkylation sites (tertiary alicyclic amines) is 1. The molecule has 0 radical (unpaired) electrons. The van der Waals surface area contributed by atoms with Crippen molar-refractivity contribution < 1.29 is 29.0 Å². The number of benzene rings is 2. The highest BCUT2D eigenvalue weighted by Crippen LogP contribution is 2.31. The van der Waals surface area contributed by atoms with E-state index in [2.05, 4.69) is 5.32 Å². The zero-order valence-corrected chi connectivity index (χ0v) is 19.3. The Morgan fingerprint density at radius 1 is 1.20 bits per heavy atom. The van der Waals surface area contributed by atoms with Crippen molar-refractivity contribution in [2.24, 2.45) is 5.73 Å². The average Bonchev–Trinajstić information content (AvgIpc) is 3.39. The zero-order chi connectivity index (χ0) is 25.3. The molecule has 184 valence electrons. The highest BCUT2D eigenvalue weighted by Gasteiger charge is 2.47. The van der Waals surface area contributed by atoms with Crippen LogP contribution in [0.5, 0.6) is 0 Å². The smallest absolute Gasteiger partial charge is 0.323 e. The fraction of sp³-hybridized carbons (Fsp3) is 0.292. The molecule has 9 nitrogen and oxygen atoms in total. The minimum absolute atomic E-state index is 0.0541. The van der Waals surface area contributed by atoms with Gasteiger partial charge in [-0.15, -0.1) is 0 Å². The number of nitrogens with zero attached hydrogens (tertiary/aromatic N) is 2. The molecule has 3 aromatic rings. The van der Waals surface area contributed by atoms with Crippen LogP contribution in [0, 0.1) is 5.82 Å². The number of Topliss-reactive ketones (excluding diaryl/α,β-unsaturated/α-hetero) is 1. The Hall–Kier alpha value is -3.47. The summed E-state index contributed by atoms with van der Waals surface area (Å²) in [4.78, 5) is 39.2. The number of hydrogen-bond acceptors (Lipinski definition) is 5. The Bertz CT molecular complexity index is 1310. The van der Waals surface area contributed by atoms with Gasteiger partial charge in [-0.05, 0) is 24.1 Å². The summed E-state index contributed by atoms with van der Waals surface area (Å²) in [5, 5.41) is 23.5. The van der Waals surface area contributed by atoms with E-state index in [0.717, 1.165) is 4.90 Å². The van der Waals surface area contributed by atoms with Gasteiger partial charge in [0.25, 0.3) is 0 Å². The topological polar surface area (TPSA) is 138 Å². The van der Waals surface area contributed by atoms with Gasteiger partial charge in [0.15, 0.2) is 5.78 Å². The van der Waals surface area contributed by atoms with Gasteiger partial charge in [-0.2, -0.15) is 0 Å². The number of aryl methyl sites for hydroxylation is 1. The average molecular weight is 503 g/mol. The maximum absolute atomic E-state index is 14.2. The molecular weight excluding hydrogens is 479 g/mol. The number of β-amino-alcohol motifs (C(OH)–C–C–N with tert-alkyl or cyclic N) is 1. The van der Waals surface area contributed by atoms with Crippen LogP contribution in [0.4, 0.5) is 19.7 Å². The minimum Gasteiger partial charge on any atom is -0.393 e. The van der Waals surface area contributed by atoms with Crippen LogP contribution in [0.15, 0.2) is 48.7 Å². The third-order valence-electron chi connectivity index (χ3n) is 6.20. The number of aliphatic hydroxyl groups is 2. The second-order valence-corrected chi connectivity index (χ2v) is 9.02. The number of anilines is 1. The van der Waals surface area contributed by atoms with Gasteiger partial charge in [0.1, 0.15) is 11.4 Å². The van der Waals surface area contributed by atoms with Crippen LogP contribution in [0.1, 0.15) is 18.4 Å². The Labute approximate surface area is 204 Å². The Morgan fingerprint density at radius 3 is 2.66 bits per heavy atom. The molecule has 1 aliphatic heterocycles. The number of primary amides is 1. The molecule has 4 rings (SSSR count). The number of carbonyl (C=O) groups is 3. The van der Waals surface area contributed by atoms with Crippen molar-refractivity contribution in [1.29, 1.82) is 0 Å². The van der Waals surface area contributed by atoms with E-state index < -0.39 is 41.9 Å². The molecule has 1 aliphatic rings. The summed E-state index contributed by atoms with van der Waals surface area (Å²) in [6.07, 6.45) is 1.16. The predicted molar refractivity (Wildman–Crippen MR) is 128 cm³/mol. The summed E-state index contributed by atoms with van der Waals surface area (Å²) in [5.41, 5.74) is 4.79. The minimum atomic E-state index is -1.67. The summed E-state index contributed by atoms with van der Waals surface area (Å²) in [5.74, 6) is -1.01. The number of nitrogens with one attached hydrogen (secondary N) is 1. The quantitative estimate of drug-likeness (QED) is 0.410. The van der Waals surface area contributed by atoms with Crippen molar-refractivity contribution in [2.45, 2.75) is 30.9 Å². The van der Waals surface area contributed by atoms with E-state index in [9.17, 15) is 29.0 Å². The number of aromatic nitrogens is 1. The first-order valence-electron chi connectivity index (χ1n) is 10.9. The molecule has 1 saturated heterocycles. The molecule has 2 atom stereocenters. The number of amides is 3. The van der Waals surface area contributed by atoms with Crippen molar-refractivity contribution in [3.8, 4) is 0 Å². The SMILES string of the molecule is NC(=O)n1cc(NC(=O)N2C[C@](O)(CO)C[C@H]2C(=O)CCc2cccc(Cl)c2F)c2ccccc21. The number of urea groups is 1. The Kier molecular flexibility index (Phi) is 6.79. The van der Waals surface area contributed by atoms with Crippen LogP contribution >= 0.6 is 11.6 Å². The van der Waals surface area contributed by atoms with E-state index in [4.69, 9.17) is 17.3 Å². The molecule has 11 heteroatoms. The lowest BCUT2D eigenvalue weighted by Crippen LogP contribution is -2.44. The molecule has 0 spiro atoms. The van der Waals surface area contributed by atoms with E-state index in [1.807, 2.05) is 0 Å². The molecular formula is C24H24ClFN4O5. The monoisotopic (exact) mass is 502 g/mol. The number of carbonyl (C=O) groups excluding carboxylic acids is 3. The molecule has 0 saturated carbocycles. The molecule has 5 N–H and O–H groups in total. The number of hydrogen-bond donors (Lipinski definition) is 4. The number of aliphatic hydroxyl groups excluding tert-OH is 1. The molecule has 1 fully saturated rings. The highest BCUT2D eigenvalue weighted by atomic mass is 35.5. The summed E-state index contributed by atoms with van der Waals surface area (Å²) < 4.78 is 15.4. The van der Waals surface area contributed by atoms with Gasteiger partial charge in [0.05, 0.1) is 35.4 Å². The molecule has 1 aromatic heterocycles. The first-order chi connectivity index (χ1) is 16.6. The third kappa shape index (κ3) is 4.86. The zero-order valence-electron chi connectivity index (χ0n) is 18.6. The number of rotatable bonds is 6. The van der Waals surface area contributed by atoms with Crippen molar-refractivity contribution in [1.82, 2.24) is 9.47 Å². The van der Waals surface area contributed by atoms with Crippen molar-refractivity contribution in [3.63, 3.8) is 0 Å². The van der Waals surface area contributed by atoms with Crippen molar-refractivity contribution >= 4 is 46.0 Å². The predicted octanol–water partition coefficient (Wildman–Crippen LogP) is 2.89. The standard InChI is InChI=1S/C24H24ClFN4O5/c25-16-6-3-4-14(21(16)26)8-9-20(32)19-10-24(35,13-31)12-30(19)23(34)28-17-11-29(22(27)33)18-7-2-1-5-15(17)18/h1-7,11,19,31,35H,8-10,12-13H2,(H2,27,33)(H,28,34)/t19-,24-/m0/s1. The van der Waals surface area contributed by atoms with Gasteiger partial charge < -0.3 is 26.2 Å². The second kappa shape index (κ2) is 9.65. The molecule has 2 aromatic carbocycles. The van der Waals surface area contributed by atoms with Gasteiger partial charge in [-0.1, -0.05) is 41.9 Å². The van der Waals surface area contributed by atoms with Crippen LogP contribution in [-0.2, 0) is 11.2 Å². The molecule has 3 amide bonds. The second-order valence-electron chi connectivity index (χ2n) is 8.61. The van der Waals surface area contributed by atoms with E-state index in [0.29, 0.717) is 10.9 Å². The van der Waals surface area contributed by atoms with Gasteiger partial charge in [0.2, 0.25) is 0 Å². The summed E-state index contributed by atoms with van der Waals surface area (Å²) >= 11 is 5.80. The largest absolute Gasteiger partial charge is 0.393 e. The van der Waals surface area contributed by atoms with E-state index in [1.54, 1.807) is 30.3 Å². The Morgan fingerprint density at radius 2 is 1.94 bits per heavy atom. The molecule has 2 heterocycles. The maximum Gasteiger partial charge on any atom is 0.323 e. The van der Waals surface area contributed by atoms with E-state index in [1.165, 1.54) is 22.9 Å². The number of para-hydroxylation sites is 1. The molecule has 35 heavy (non-hydrogen) atoms. The molecule has 0 aliphatic carbocycles. The number of nitrogens with two attached hydrogens (primary N) is 1. The summed E-state index contributed by atoms with van der Waals surface area (Å²) in [6.45, 7) is -0.934. The van der Waals surface area contributed by atoms with E-state index >= 15 is 0 Å². The summed E-state index contributed by atoms with van der Waals surface area (Å²) in [6, 6.07) is 8.82. The van der Waals surface area contributed by atoms with E-state index in [-0.39, 0.29) is 42.1 Å². The lowest BCUT2D eigenvalue weighted by atomic mass is 9.96. The van der Waals surface area contributed by atoms with Gasteiger partial charge in [0, 0.05) is 24.4 Å². The van der Waals surface area contributed by atoms with Gasteiger partial charge >= 0.3 is 12.1 Å². The normalized spacial score (nSPS) is 19.8. The molecule has 0 unspecified atom stereocenters. The number of ketones is 1. The van der Waals surface area contributed by atoms with Gasteiger partial charge in [-0.3, -0.25) is 9.36 Å². The Balaban J connectivity index is 1.55. The summed E-state index contributed by atoms with van der Waals surface area (Å²) in [7, 11) is 0. The maximum atomic E-state index is 14.2. The fourth-order valence-corrected chi connectivity index (χ4v) is 4.59. The van der Waals surface area contributed by atoms with Gasteiger partial charge in [-0.25, -0.2) is 14.0 Å². The van der Waals surface area contributed by atoms with Crippen molar-refractivity contribution in [2.75, 3.05) is 18.5 Å². The van der Waals surface area contributed by atoms with Crippen LogP contribution in [0.3, 0.4) is 0 Å². The van der Waals surface area contributed by atoms with Crippen molar-refractivity contribution in [3.05, 3.63) is 65.1 Å². The van der Waals surface area contributed by atoms with Crippen LogP contribution in [0.25, 0.3) is 10.9 Å². The number of fused-ring (bicyclic) bond motifs is 1. The first-order valence-corrected chi connectivity index (χ1v) is 11.3. The first kappa shape index (κ1) is 24.6. The van der Waals surface area contributed by atoms with Crippen LogP contribution in [0.2, 0.25) is 5.02 Å². The molecule has 0 bridgehead atoms. The lowest BCUT2D eigenvalue weighted by Gasteiger charge is -2.24. The lowest BCUT2D eigenvalue weighted by molar-refractivity contribution is -0.122. The van der Waals surface area contributed by atoms with Crippen LogP contribution in [-0.4, -0.2) is 62.3 Å². The van der Waals surface area contributed by atoms with Crippen LogP contribution < -0.4 is 11.1 Å². The number of halogens is 2. The fourth-order valence-electron chi connectivity index (χ4n) is 4.39. The highest BCUT2D eigenvalue weighted by molar-refractivity contribution is 6.30. The third-order valence-corrected chi connectivity index (χ3v) is 6.50.